The van der Waals surface area contributed by atoms with Gasteiger partial charge in [-0.2, -0.15) is 0 Å². The Morgan fingerprint density at radius 2 is 1.85 bits per heavy atom. The third-order valence-corrected chi connectivity index (χ3v) is 3.10. The number of ketones is 1. The third kappa shape index (κ3) is 3.66. The van der Waals surface area contributed by atoms with E-state index in [1.54, 1.807) is 0 Å². The minimum absolute atomic E-state index is 0.0415. The highest BCUT2D eigenvalue weighted by molar-refractivity contribution is 5.94. The number of hydrogen-bond donors (Lipinski definition) is 2. The number of nitrogens with one attached hydrogen (secondary N) is 2. The lowest BCUT2D eigenvalue weighted by molar-refractivity contribution is -0.117. The lowest BCUT2D eigenvalue weighted by Gasteiger charge is -2.29. The molecule has 2 rings (SSSR count). The van der Waals surface area contributed by atoms with Gasteiger partial charge < -0.3 is 5.43 Å². The molecular formula is C15H17FN2O2. The zero-order chi connectivity index (χ0) is 14.8. The second-order valence-electron chi connectivity index (χ2n) is 5.74. The van der Waals surface area contributed by atoms with Crippen molar-refractivity contribution in [2.24, 2.45) is 5.41 Å². The van der Waals surface area contributed by atoms with Gasteiger partial charge in [0, 0.05) is 23.8 Å². The monoisotopic (exact) mass is 276 g/mol. The van der Waals surface area contributed by atoms with Gasteiger partial charge in [-0.25, -0.2) is 4.39 Å². The summed E-state index contributed by atoms with van der Waals surface area (Å²) in [6, 6.07) is 5.25. The third-order valence-electron chi connectivity index (χ3n) is 3.10. The van der Waals surface area contributed by atoms with Gasteiger partial charge in [-0.1, -0.05) is 13.8 Å². The van der Waals surface area contributed by atoms with Crippen molar-refractivity contribution in [2.75, 3.05) is 0 Å². The van der Waals surface area contributed by atoms with Crippen molar-refractivity contribution in [3.05, 3.63) is 47.4 Å². The number of allylic oxidation sites excluding steroid dienone is 2. The second kappa shape index (κ2) is 5.45. The fourth-order valence-electron chi connectivity index (χ4n) is 2.24. The summed E-state index contributed by atoms with van der Waals surface area (Å²) in [5.74, 6) is -0.724. The van der Waals surface area contributed by atoms with Crippen LogP contribution in [-0.2, 0) is 4.79 Å². The van der Waals surface area contributed by atoms with Gasteiger partial charge in [0.1, 0.15) is 5.82 Å². The number of amides is 1. The Balaban J connectivity index is 1.97. The van der Waals surface area contributed by atoms with E-state index in [4.69, 9.17) is 0 Å². The van der Waals surface area contributed by atoms with E-state index in [0.29, 0.717) is 24.1 Å². The molecule has 20 heavy (non-hydrogen) atoms. The molecule has 0 fully saturated rings. The van der Waals surface area contributed by atoms with Crippen LogP contribution in [0.4, 0.5) is 4.39 Å². The maximum Gasteiger partial charge on any atom is 0.269 e. The second-order valence-corrected chi connectivity index (χ2v) is 5.74. The van der Waals surface area contributed by atoms with Crippen molar-refractivity contribution >= 4 is 11.7 Å². The molecule has 1 aliphatic rings. The summed E-state index contributed by atoms with van der Waals surface area (Å²) in [6.07, 6.45) is 2.70. The molecule has 1 aliphatic carbocycles. The zero-order valence-electron chi connectivity index (χ0n) is 11.5. The maximum atomic E-state index is 12.8. The Bertz CT molecular complexity index is 562. The Hall–Kier alpha value is -2.17. The van der Waals surface area contributed by atoms with Crippen LogP contribution in [-0.4, -0.2) is 11.7 Å². The van der Waals surface area contributed by atoms with Crippen LogP contribution >= 0.6 is 0 Å². The molecule has 0 saturated heterocycles. The fraction of sp³-hybridized carbons (Fsp3) is 0.333. The van der Waals surface area contributed by atoms with E-state index >= 15 is 0 Å². The average molecular weight is 276 g/mol. The van der Waals surface area contributed by atoms with Crippen LogP contribution < -0.4 is 10.9 Å². The molecular weight excluding hydrogens is 259 g/mol. The highest BCUT2D eigenvalue weighted by Crippen LogP contribution is 2.32. The van der Waals surface area contributed by atoms with Crippen LogP contribution in [0, 0.1) is 11.2 Å². The first-order chi connectivity index (χ1) is 9.35. The van der Waals surface area contributed by atoms with Crippen LogP contribution in [0.3, 0.4) is 0 Å². The van der Waals surface area contributed by atoms with Crippen molar-refractivity contribution in [1.82, 2.24) is 10.9 Å². The summed E-state index contributed by atoms with van der Waals surface area (Å²) in [5, 5.41) is 0. The molecule has 0 bridgehead atoms. The van der Waals surface area contributed by atoms with E-state index in [1.807, 2.05) is 13.8 Å². The number of hydrazine groups is 1. The van der Waals surface area contributed by atoms with Crippen LogP contribution in [0.2, 0.25) is 0 Å². The summed E-state index contributed by atoms with van der Waals surface area (Å²) >= 11 is 0. The first kappa shape index (κ1) is 14.2. The van der Waals surface area contributed by atoms with Crippen molar-refractivity contribution in [1.29, 1.82) is 0 Å². The Kier molecular flexibility index (Phi) is 3.88. The number of carbonyl (C=O) groups excluding carboxylic acids is 2. The normalized spacial score (nSPS) is 17.4. The molecule has 0 heterocycles. The summed E-state index contributed by atoms with van der Waals surface area (Å²) in [6.45, 7) is 4.00. The lowest BCUT2D eigenvalue weighted by atomic mass is 9.79. The average Bonchev–Trinajstić information content (AvgIpc) is 2.34. The summed E-state index contributed by atoms with van der Waals surface area (Å²) < 4.78 is 12.8. The molecule has 5 heteroatoms. The fourth-order valence-corrected chi connectivity index (χ4v) is 2.24. The van der Waals surface area contributed by atoms with Gasteiger partial charge in [0.2, 0.25) is 0 Å². The number of rotatable bonds is 3. The van der Waals surface area contributed by atoms with E-state index in [-0.39, 0.29) is 17.1 Å². The van der Waals surface area contributed by atoms with Gasteiger partial charge >= 0.3 is 0 Å². The van der Waals surface area contributed by atoms with Crippen LogP contribution in [0.15, 0.2) is 36.0 Å². The van der Waals surface area contributed by atoms with Crippen LogP contribution in [0.5, 0.6) is 0 Å². The first-order valence-corrected chi connectivity index (χ1v) is 6.41. The molecule has 2 N–H and O–H groups in total. The molecule has 1 aromatic carbocycles. The number of halogens is 1. The molecule has 0 saturated carbocycles. The molecule has 0 aliphatic heterocycles. The number of benzene rings is 1. The minimum Gasteiger partial charge on any atom is -0.302 e. The maximum absolute atomic E-state index is 12.8. The Labute approximate surface area is 117 Å². The molecule has 0 radical (unpaired) electrons. The van der Waals surface area contributed by atoms with Crippen molar-refractivity contribution in [3.8, 4) is 0 Å². The summed E-state index contributed by atoms with van der Waals surface area (Å²) in [5.41, 5.74) is 6.20. The molecule has 106 valence electrons. The topological polar surface area (TPSA) is 58.2 Å². The van der Waals surface area contributed by atoms with Gasteiger partial charge in [-0.15, -0.1) is 0 Å². The highest BCUT2D eigenvalue weighted by atomic mass is 19.1. The SMILES string of the molecule is CC1(C)CC(=O)C=C(NNC(=O)c2ccc(F)cc2)C1. The molecule has 1 amide bonds. The Morgan fingerprint density at radius 3 is 2.45 bits per heavy atom. The molecule has 1 aromatic rings. The lowest BCUT2D eigenvalue weighted by Crippen LogP contribution is -2.39. The van der Waals surface area contributed by atoms with E-state index in [1.165, 1.54) is 30.3 Å². The first-order valence-electron chi connectivity index (χ1n) is 6.41. The predicted octanol–water partition coefficient (Wildman–Crippen LogP) is 2.33. The highest BCUT2D eigenvalue weighted by Gasteiger charge is 2.27. The summed E-state index contributed by atoms with van der Waals surface area (Å²) in [4.78, 5) is 23.4. The molecule has 4 nitrogen and oxygen atoms in total. The smallest absolute Gasteiger partial charge is 0.269 e. The Morgan fingerprint density at radius 1 is 1.20 bits per heavy atom. The molecule has 0 aromatic heterocycles. The predicted molar refractivity (Wildman–Crippen MR) is 73.1 cm³/mol. The van der Waals surface area contributed by atoms with Crippen molar-refractivity contribution in [2.45, 2.75) is 26.7 Å². The van der Waals surface area contributed by atoms with Crippen LogP contribution in [0.25, 0.3) is 0 Å². The van der Waals surface area contributed by atoms with Gasteiger partial charge in [0.25, 0.3) is 5.91 Å². The molecule has 0 atom stereocenters. The van der Waals surface area contributed by atoms with Gasteiger partial charge in [-0.05, 0) is 36.1 Å². The van der Waals surface area contributed by atoms with Crippen molar-refractivity contribution < 1.29 is 14.0 Å². The van der Waals surface area contributed by atoms with Crippen molar-refractivity contribution in [3.63, 3.8) is 0 Å². The quantitative estimate of drug-likeness (QED) is 0.833. The van der Waals surface area contributed by atoms with Gasteiger partial charge in [-0.3, -0.25) is 15.0 Å². The minimum atomic E-state index is -0.392. The number of hydrogen-bond acceptors (Lipinski definition) is 3. The van der Waals surface area contributed by atoms with Gasteiger partial charge in [0.05, 0.1) is 0 Å². The zero-order valence-corrected chi connectivity index (χ0v) is 11.5. The van der Waals surface area contributed by atoms with Crippen LogP contribution in [0.1, 0.15) is 37.0 Å². The number of carbonyl (C=O) groups is 2. The molecule has 0 unspecified atom stereocenters. The largest absolute Gasteiger partial charge is 0.302 e. The van der Waals surface area contributed by atoms with E-state index in [0.717, 1.165) is 0 Å². The van der Waals surface area contributed by atoms with E-state index in [9.17, 15) is 14.0 Å². The van der Waals surface area contributed by atoms with E-state index < -0.39 is 5.82 Å². The standard InChI is InChI=1S/C15H17FN2O2/c1-15(2)8-12(7-13(19)9-15)17-18-14(20)10-3-5-11(16)6-4-10/h3-7,17H,8-9H2,1-2H3,(H,18,20). The van der Waals surface area contributed by atoms with Gasteiger partial charge in [0.15, 0.2) is 5.78 Å². The van der Waals surface area contributed by atoms with E-state index in [2.05, 4.69) is 10.9 Å². The molecule has 0 spiro atoms. The summed E-state index contributed by atoms with van der Waals surface area (Å²) in [7, 11) is 0.